The molecule has 0 bridgehead atoms. The molecule has 3 aromatic heterocycles. The normalized spacial score (nSPS) is 11.2. The topological polar surface area (TPSA) is 77.1 Å². The molecular weight excluding hydrogens is 364 g/mol. The number of carbonyl (C=O) groups excluding carboxylic acids is 1. The number of fused-ring (bicyclic) bond motifs is 2. The van der Waals surface area contributed by atoms with Gasteiger partial charge in [-0.3, -0.25) is 4.79 Å². The van der Waals surface area contributed by atoms with Crippen molar-refractivity contribution in [1.82, 2.24) is 24.4 Å². The number of hydrogen-bond donors (Lipinski definition) is 1. The smallest absolute Gasteiger partial charge is 0.228 e. The van der Waals surface area contributed by atoms with Gasteiger partial charge in [0.05, 0.1) is 12.1 Å². The molecule has 0 spiro atoms. The number of amides is 1. The van der Waals surface area contributed by atoms with Gasteiger partial charge in [-0.05, 0) is 35.9 Å². The number of rotatable bonds is 4. The van der Waals surface area contributed by atoms with E-state index < -0.39 is 0 Å². The van der Waals surface area contributed by atoms with Crippen LogP contribution in [0.5, 0.6) is 0 Å². The molecule has 142 valence electrons. The second kappa shape index (κ2) is 6.87. The Labute approximate surface area is 166 Å². The summed E-state index contributed by atoms with van der Waals surface area (Å²) in [5.41, 5.74) is 5.36. The first kappa shape index (κ1) is 17.1. The Kier molecular flexibility index (Phi) is 4.05. The number of anilines is 1. The highest BCUT2D eigenvalue weighted by atomic mass is 16.1. The summed E-state index contributed by atoms with van der Waals surface area (Å²) in [6.07, 6.45) is 3.91. The Bertz CT molecular complexity index is 1330. The average Bonchev–Trinajstić information content (AvgIpc) is 3.33. The van der Waals surface area contributed by atoms with Crippen LogP contribution in [0.1, 0.15) is 5.56 Å². The van der Waals surface area contributed by atoms with E-state index in [0.29, 0.717) is 12.1 Å². The predicted octanol–water partition coefficient (Wildman–Crippen LogP) is 3.46. The van der Waals surface area contributed by atoms with Gasteiger partial charge in [-0.25, -0.2) is 0 Å². The molecule has 2 aromatic carbocycles. The Balaban J connectivity index is 1.32. The molecule has 7 heteroatoms. The number of nitrogens with one attached hydrogen (secondary N) is 1. The summed E-state index contributed by atoms with van der Waals surface area (Å²) in [7, 11) is 1.99. The fraction of sp³-hybridized carbons (Fsp3) is 0.0909. The summed E-state index contributed by atoms with van der Waals surface area (Å²) in [6.45, 7) is 0. The standard InChI is InChI=1S/C22H18N6O/c1-27-13-16(18-4-2-3-5-20(18)27)12-22(29)24-17-8-6-15(7-9-17)19-10-11-21-25-23-14-28(21)26-19/h2-11,13-14H,12H2,1H3,(H,24,29). The SMILES string of the molecule is Cn1cc(CC(=O)Nc2ccc(-c3ccc4nncn4n3)cc2)c2ccccc21. The van der Waals surface area contributed by atoms with Gasteiger partial charge in [0.15, 0.2) is 5.65 Å². The fourth-order valence-electron chi connectivity index (χ4n) is 3.55. The molecule has 0 saturated carbocycles. The lowest BCUT2D eigenvalue weighted by Gasteiger charge is -2.07. The van der Waals surface area contributed by atoms with Crippen molar-refractivity contribution in [2.75, 3.05) is 5.32 Å². The van der Waals surface area contributed by atoms with Crippen molar-refractivity contribution in [2.24, 2.45) is 7.05 Å². The van der Waals surface area contributed by atoms with E-state index in [1.54, 1.807) is 10.8 Å². The predicted molar refractivity (Wildman–Crippen MR) is 111 cm³/mol. The van der Waals surface area contributed by atoms with Gasteiger partial charge in [0.1, 0.15) is 6.33 Å². The van der Waals surface area contributed by atoms with E-state index in [-0.39, 0.29) is 5.91 Å². The quantitative estimate of drug-likeness (QED) is 0.516. The average molecular weight is 382 g/mol. The van der Waals surface area contributed by atoms with Crippen LogP contribution in [0.15, 0.2) is 73.2 Å². The van der Waals surface area contributed by atoms with Crippen molar-refractivity contribution in [3.8, 4) is 11.3 Å². The summed E-state index contributed by atoms with van der Waals surface area (Å²) in [4.78, 5) is 12.6. The zero-order valence-electron chi connectivity index (χ0n) is 15.8. The van der Waals surface area contributed by atoms with Gasteiger partial charge in [-0.2, -0.15) is 9.61 Å². The molecule has 0 aliphatic rings. The molecule has 0 unspecified atom stereocenters. The number of nitrogens with zero attached hydrogens (tertiary/aromatic N) is 5. The van der Waals surface area contributed by atoms with E-state index in [9.17, 15) is 4.79 Å². The summed E-state index contributed by atoms with van der Waals surface area (Å²) < 4.78 is 3.68. The highest BCUT2D eigenvalue weighted by Gasteiger charge is 2.11. The molecular formula is C22H18N6O. The largest absolute Gasteiger partial charge is 0.350 e. The van der Waals surface area contributed by atoms with Crippen LogP contribution in [-0.4, -0.2) is 30.3 Å². The van der Waals surface area contributed by atoms with Gasteiger partial charge in [-0.15, -0.1) is 10.2 Å². The first-order chi connectivity index (χ1) is 14.2. The molecule has 29 heavy (non-hydrogen) atoms. The molecule has 0 aliphatic heterocycles. The first-order valence-corrected chi connectivity index (χ1v) is 9.28. The lowest BCUT2D eigenvalue weighted by molar-refractivity contribution is -0.115. The van der Waals surface area contributed by atoms with E-state index in [1.807, 2.05) is 72.4 Å². The van der Waals surface area contributed by atoms with E-state index in [1.165, 1.54) is 0 Å². The number of para-hydroxylation sites is 1. The van der Waals surface area contributed by atoms with Gasteiger partial charge < -0.3 is 9.88 Å². The van der Waals surface area contributed by atoms with Gasteiger partial charge in [0.25, 0.3) is 0 Å². The van der Waals surface area contributed by atoms with Crippen LogP contribution >= 0.6 is 0 Å². The zero-order valence-corrected chi connectivity index (χ0v) is 15.8. The van der Waals surface area contributed by atoms with Crippen LogP contribution < -0.4 is 5.32 Å². The van der Waals surface area contributed by atoms with Gasteiger partial charge in [-0.1, -0.05) is 30.3 Å². The molecule has 0 aliphatic carbocycles. The molecule has 1 amide bonds. The van der Waals surface area contributed by atoms with Crippen molar-refractivity contribution in [2.45, 2.75) is 6.42 Å². The summed E-state index contributed by atoms with van der Waals surface area (Å²) in [5, 5.41) is 16.4. The molecule has 0 saturated heterocycles. The minimum Gasteiger partial charge on any atom is -0.350 e. The number of aromatic nitrogens is 5. The van der Waals surface area contributed by atoms with Crippen LogP contribution in [0.4, 0.5) is 5.69 Å². The van der Waals surface area contributed by atoms with E-state index in [2.05, 4.69) is 26.7 Å². The minimum absolute atomic E-state index is 0.0434. The maximum atomic E-state index is 12.6. The number of hydrogen-bond acceptors (Lipinski definition) is 4. The molecule has 1 N–H and O–H groups in total. The summed E-state index contributed by atoms with van der Waals surface area (Å²) in [5.74, 6) is -0.0434. The molecule has 0 atom stereocenters. The van der Waals surface area contributed by atoms with Crippen LogP contribution in [0, 0.1) is 0 Å². The summed E-state index contributed by atoms with van der Waals surface area (Å²) in [6, 6.07) is 19.5. The maximum Gasteiger partial charge on any atom is 0.228 e. The van der Waals surface area contributed by atoms with Gasteiger partial charge in [0, 0.05) is 35.4 Å². The lowest BCUT2D eigenvalue weighted by Crippen LogP contribution is -2.14. The summed E-state index contributed by atoms with van der Waals surface area (Å²) >= 11 is 0. The molecule has 5 aromatic rings. The molecule has 0 radical (unpaired) electrons. The van der Waals surface area contributed by atoms with E-state index >= 15 is 0 Å². The molecule has 0 fully saturated rings. The van der Waals surface area contributed by atoms with Gasteiger partial charge >= 0.3 is 0 Å². The Morgan fingerprint density at radius 1 is 1.03 bits per heavy atom. The third-order valence-corrected chi connectivity index (χ3v) is 4.96. The molecule has 7 nitrogen and oxygen atoms in total. The highest BCUT2D eigenvalue weighted by molar-refractivity contribution is 5.96. The maximum absolute atomic E-state index is 12.6. The van der Waals surface area contributed by atoms with Crippen LogP contribution in [0.2, 0.25) is 0 Å². The van der Waals surface area contributed by atoms with Crippen molar-refractivity contribution >= 4 is 28.1 Å². The first-order valence-electron chi connectivity index (χ1n) is 9.28. The fourth-order valence-corrected chi connectivity index (χ4v) is 3.55. The number of carbonyl (C=O) groups is 1. The monoisotopic (exact) mass is 382 g/mol. The van der Waals surface area contributed by atoms with Gasteiger partial charge in [0.2, 0.25) is 5.91 Å². The highest BCUT2D eigenvalue weighted by Crippen LogP contribution is 2.22. The second-order valence-corrected chi connectivity index (χ2v) is 6.94. The Morgan fingerprint density at radius 2 is 1.86 bits per heavy atom. The number of benzene rings is 2. The third-order valence-electron chi connectivity index (χ3n) is 4.96. The van der Waals surface area contributed by atoms with Crippen molar-refractivity contribution in [3.63, 3.8) is 0 Å². The van der Waals surface area contributed by atoms with Crippen LogP contribution in [0.3, 0.4) is 0 Å². The van der Waals surface area contributed by atoms with Crippen molar-refractivity contribution in [3.05, 3.63) is 78.8 Å². The lowest BCUT2D eigenvalue weighted by atomic mass is 10.1. The van der Waals surface area contributed by atoms with Crippen LogP contribution in [0.25, 0.3) is 27.8 Å². The molecule has 3 heterocycles. The minimum atomic E-state index is -0.0434. The van der Waals surface area contributed by atoms with Crippen LogP contribution in [-0.2, 0) is 18.3 Å². The van der Waals surface area contributed by atoms with Crippen molar-refractivity contribution in [1.29, 1.82) is 0 Å². The van der Waals surface area contributed by atoms with E-state index in [0.717, 1.165) is 33.4 Å². The Hall–Kier alpha value is -4.00. The second-order valence-electron chi connectivity index (χ2n) is 6.94. The Morgan fingerprint density at radius 3 is 2.72 bits per heavy atom. The van der Waals surface area contributed by atoms with E-state index in [4.69, 9.17) is 0 Å². The molecule has 5 rings (SSSR count). The third kappa shape index (κ3) is 3.23. The van der Waals surface area contributed by atoms with Crippen molar-refractivity contribution < 1.29 is 4.79 Å². The number of aryl methyl sites for hydroxylation is 1. The zero-order chi connectivity index (χ0) is 19.8.